The van der Waals surface area contributed by atoms with Gasteiger partial charge in [0.05, 0.1) is 15.4 Å². The number of aromatic nitrogens is 1. The van der Waals surface area contributed by atoms with Crippen molar-refractivity contribution >= 4 is 37.4 Å². The van der Waals surface area contributed by atoms with Gasteiger partial charge in [0.25, 0.3) is 5.91 Å². The van der Waals surface area contributed by atoms with Crippen LogP contribution >= 0.6 is 11.3 Å². The number of hydrogen-bond acceptors (Lipinski definition) is 7. The molecule has 11 heteroatoms. The molecule has 0 fully saturated rings. The Morgan fingerprint density at radius 1 is 1.38 bits per heavy atom. The molecule has 0 aliphatic heterocycles. The summed E-state index contributed by atoms with van der Waals surface area (Å²) in [4.78, 5) is 25.2. The Morgan fingerprint density at radius 2 is 2.05 bits per heavy atom. The first-order valence-corrected chi connectivity index (χ1v) is 7.68. The number of nitro groups is 1. The number of amides is 1. The standard InChI is InChI=1S/C10H8N4O5S2/c11-21(18,19)7-4-2-1-3-6(7)9(15)13-10-12-5-8(20-10)14(16)17/h1-5H,(H2,11,18,19)(H,12,13,15). The summed E-state index contributed by atoms with van der Waals surface area (Å²) in [5, 5.41) is 17.6. The maximum Gasteiger partial charge on any atom is 0.345 e. The molecule has 3 N–H and O–H groups in total. The molecule has 1 aromatic carbocycles. The summed E-state index contributed by atoms with van der Waals surface area (Å²) in [7, 11) is -4.07. The van der Waals surface area contributed by atoms with E-state index in [-0.39, 0.29) is 20.6 Å². The van der Waals surface area contributed by atoms with Crippen molar-refractivity contribution in [2.45, 2.75) is 4.90 Å². The molecule has 0 aliphatic rings. The van der Waals surface area contributed by atoms with Crippen LogP contribution in [0.3, 0.4) is 0 Å². The zero-order chi connectivity index (χ0) is 15.6. The minimum Gasteiger partial charge on any atom is -0.298 e. The lowest BCUT2D eigenvalue weighted by Gasteiger charge is -2.06. The number of hydrogen-bond donors (Lipinski definition) is 2. The van der Waals surface area contributed by atoms with E-state index in [1.165, 1.54) is 24.3 Å². The van der Waals surface area contributed by atoms with Crippen LogP contribution < -0.4 is 10.5 Å². The minimum atomic E-state index is -4.07. The van der Waals surface area contributed by atoms with Crippen LogP contribution in [-0.2, 0) is 10.0 Å². The molecule has 1 aromatic heterocycles. The predicted molar refractivity (Wildman–Crippen MR) is 74.5 cm³/mol. The molecule has 0 atom stereocenters. The third kappa shape index (κ3) is 3.39. The summed E-state index contributed by atoms with van der Waals surface area (Å²) >= 11 is 0.654. The number of nitrogens with zero attached hydrogens (tertiary/aromatic N) is 2. The van der Waals surface area contributed by atoms with Gasteiger partial charge in [-0.1, -0.05) is 12.1 Å². The largest absolute Gasteiger partial charge is 0.345 e. The van der Waals surface area contributed by atoms with Gasteiger partial charge in [-0.15, -0.1) is 0 Å². The van der Waals surface area contributed by atoms with Gasteiger partial charge >= 0.3 is 5.00 Å². The van der Waals surface area contributed by atoms with E-state index in [1.807, 2.05) is 0 Å². The molecule has 0 radical (unpaired) electrons. The number of nitrogens with two attached hydrogens (primary N) is 1. The molecule has 110 valence electrons. The highest BCUT2D eigenvalue weighted by atomic mass is 32.2. The molecular weight excluding hydrogens is 320 g/mol. The summed E-state index contributed by atoms with van der Waals surface area (Å²) in [5.74, 6) is -0.774. The van der Waals surface area contributed by atoms with E-state index >= 15 is 0 Å². The fourth-order valence-electron chi connectivity index (χ4n) is 1.47. The van der Waals surface area contributed by atoms with E-state index in [0.29, 0.717) is 11.3 Å². The maximum absolute atomic E-state index is 12.0. The Balaban J connectivity index is 2.31. The first kappa shape index (κ1) is 15.0. The minimum absolute atomic E-state index is 0.0177. The summed E-state index contributed by atoms with van der Waals surface area (Å²) in [6, 6.07) is 5.35. The van der Waals surface area contributed by atoms with Crippen molar-refractivity contribution in [1.82, 2.24) is 4.98 Å². The van der Waals surface area contributed by atoms with Crippen LogP contribution in [0.1, 0.15) is 10.4 Å². The summed E-state index contributed by atoms with van der Waals surface area (Å²) in [5.41, 5.74) is -0.169. The molecule has 1 amide bonds. The second-order valence-corrected chi connectivity index (χ2v) is 6.29. The van der Waals surface area contributed by atoms with Crippen LogP contribution in [0.15, 0.2) is 35.4 Å². The highest BCUT2D eigenvalue weighted by molar-refractivity contribution is 7.89. The molecule has 2 aromatic rings. The fraction of sp³-hybridized carbons (Fsp3) is 0. The smallest absolute Gasteiger partial charge is 0.298 e. The van der Waals surface area contributed by atoms with Gasteiger partial charge in [0.1, 0.15) is 6.20 Å². The molecule has 0 unspecified atom stereocenters. The molecule has 0 saturated heterocycles. The van der Waals surface area contributed by atoms with Crippen molar-refractivity contribution in [2.24, 2.45) is 5.14 Å². The second kappa shape index (κ2) is 5.55. The van der Waals surface area contributed by atoms with Crippen molar-refractivity contribution in [3.63, 3.8) is 0 Å². The second-order valence-electron chi connectivity index (χ2n) is 3.76. The molecule has 1 heterocycles. The van der Waals surface area contributed by atoms with Gasteiger partial charge in [-0.25, -0.2) is 18.5 Å². The topological polar surface area (TPSA) is 145 Å². The number of rotatable bonds is 4. The Hall–Kier alpha value is -2.37. The van der Waals surface area contributed by atoms with Gasteiger partial charge in [-0.05, 0) is 23.5 Å². The van der Waals surface area contributed by atoms with E-state index < -0.39 is 20.9 Å². The third-order valence-electron chi connectivity index (χ3n) is 2.33. The average Bonchev–Trinajstić information content (AvgIpc) is 2.86. The molecule has 0 spiro atoms. The van der Waals surface area contributed by atoms with Gasteiger partial charge in [0, 0.05) is 0 Å². The number of primary sulfonamides is 1. The number of thiazole rings is 1. The summed E-state index contributed by atoms with van der Waals surface area (Å²) in [6.45, 7) is 0. The molecule has 0 bridgehead atoms. The van der Waals surface area contributed by atoms with Crippen molar-refractivity contribution in [3.8, 4) is 0 Å². The predicted octanol–water partition coefficient (Wildman–Crippen LogP) is 0.951. The number of sulfonamides is 1. The van der Waals surface area contributed by atoms with Crippen molar-refractivity contribution < 1.29 is 18.1 Å². The van der Waals surface area contributed by atoms with Crippen LogP contribution in [0, 0.1) is 10.1 Å². The highest BCUT2D eigenvalue weighted by Crippen LogP contribution is 2.25. The van der Waals surface area contributed by atoms with Crippen molar-refractivity contribution in [1.29, 1.82) is 0 Å². The first-order chi connectivity index (χ1) is 9.79. The Labute approximate surface area is 122 Å². The quantitative estimate of drug-likeness (QED) is 0.631. The first-order valence-electron chi connectivity index (χ1n) is 5.32. The lowest BCUT2D eigenvalue weighted by molar-refractivity contribution is -0.380. The zero-order valence-electron chi connectivity index (χ0n) is 10.2. The summed E-state index contributed by atoms with van der Waals surface area (Å²) in [6.07, 6.45) is 0.992. The Kier molecular flexibility index (Phi) is 3.97. The number of carbonyl (C=O) groups is 1. The SMILES string of the molecule is NS(=O)(=O)c1ccccc1C(=O)Nc1ncc([N+](=O)[O-])s1. The van der Waals surface area contributed by atoms with E-state index in [9.17, 15) is 23.3 Å². The van der Waals surface area contributed by atoms with E-state index in [4.69, 9.17) is 5.14 Å². The normalized spacial score (nSPS) is 11.1. The van der Waals surface area contributed by atoms with Crippen LogP contribution in [-0.4, -0.2) is 24.2 Å². The molecule has 0 saturated carbocycles. The number of nitrogens with one attached hydrogen (secondary N) is 1. The lowest BCUT2D eigenvalue weighted by atomic mass is 10.2. The van der Waals surface area contributed by atoms with Gasteiger partial charge in [0.2, 0.25) is 10.0 Å². The van der Waals surface area contributed by atoms with E-state index in [1.54, 1.807) is 0 Å². The number of benzene rings is 1. The van der Waals surface area contributed by atoms with Crippen LogP contribution in [0.5, 0.6) is 0 Å². The number of carbonyl (C=O) groups excluding carboxylic acids is 1. The number of anilines is 1. The maximum atomic E-state index is 12.0. The van der Waals surface area contributed by atoms with Gasteiger partial charge < -0.3 is 0 Å². The van der Waals surface area contributed by atoms with Crippen LogP contribution in [0.4, 0.5) is 10.1 Å². The Bertz CT molecular complexity index is 814. The molecule has 9 nitrogen and oxygen atoms in total. The van der Waals surface area contributed by atoms with Crippen molar-refractivity contribution in [2.75, 3.05) is 5.32 Å². The molecule has 2 rings (SSSR count). The molecule has 21 heavy (non-hydrogen) atoms. The highest BCUT2D eigenvalue weighted by Gasteiger charge is 2.20. The fourth-order valence-corrected chi connectivity index (χ4v) is 2.84. The van der Waals surface area contributed by atoms with Gasteiger partial charge in [-0.3, -0.25) is 20.2 Å². The molecular formula is C10H8N4O5S2. The van der Waals surface area contributed by atoms with Crippen molar-refractivity contribution in [3.05, 3.63) is 46.1 Å². The summed E-state index contributed by atoms with van der Waals surface area (Å²) < 4.78 is 22.8. The van der Waals surface area contributed by atoms with E-state index in [0.717, 1.165) is 6.20 Å². The molecule has 0 aliphatic carbocycles. The van der Waals surface area contributed by atoms with E-state index in [2.05, 4.69) is 10.3 Å². The Morgan fingerprint density at radius 3 is 2.62 bits per heavy atom. The van der Waals surface area contributed by atoms with Gasteiger partial charge in [0.15, 0.2) is 5.13 Å². The van der Waals surface area contributed by atoms with Crippen LogP contribution in [0.25, 0.3) is 0 Å². The lowest BCUT2D eigenvalue weighted by Crippen LogP contribution is -2.20. The van der Waals surface area contributed by atoms with Crippen LogP contribution in [0.2, 0.25) is 0 Å². The third-order valence-corrected chi connectivity index (χ3v) is 4.17. The zero-order valence-corrected chi connectivity index (χ0v) is 11.8. The average molecular weight is 328 g/mol. The monoisotopic (exact) mass is 328 g/mol. The van der Waals surface area contributed by atoms with Gasteiger partial charge in [-0.2, -0.15) is 0 Å².